The fourth-order valence-corrected chi connectivity index (χ4v) is 2.43. The predicted molar refractivity (Wildman–Crippen MR) is 86.6 cm³/mol. The molecular formula is C18H17NO4. The van der Waals surface area contributed by atoms with Crippen molar-refractivity contribution < 1.29 is 19.0 Å². The van der Waals surface area contributed by atoms with Gasteiger partial charge in [0.05, 0.1) is 14.2 Å². The Morgan fingerprint density at radius 1 is 1.09 bits per heavy atom. The van der Waals surface area contributed by atoms with Gasteiger partial charge in [-0.1, -0.05) is 18.2 Å². The number of Topliss-reactive ketones (excluding diaryl/α,β-unsaturated/α-hetero) is 1. The van der Waals surface area contributed by atoms with Gasteiger partial charge in [-0.15, -0.1) is 0 Å². The van der Waals surface area contributed by atoms with Crippen LogP contribution in [0.1, 0.15) is 15.9 Å². The molecule has 0 radical (unpaired) electrons. The number of rotatable bonds is 5. The quantitative estimate of drug-likeness (QED) is 0.797. The van der Waals surface area contributed by atoms with E-state index in [-0.39, 0.29) is 12.4 Å². The first-order valence-corrected chi connectivity index (χ1v) is 7.25. The Morgan fingerprint density at radius 3 is 2.52 bits per heavy atom. The summed E-state index contributed by atoms with van der Waals surface area (Å²) in [5, 5.41) is 0. The molecule has 23 heavy (non-hydrogen) atoms. The van der Waals surface area contributed by atoms with Crippen LogP contribution in [-0.2, 0) is 4.74 Å². The number of methoxy groups -OCH3 is 2. The summed E-state index contributed by atoms with van der Waals surface area (Å²) in [6.07, 6.45) is 0. The van der Waals surface area contributed by atoms with E-state index in [1.807, 2.05) is 30.3 Å². The zero-order valence-electron chi connectivity index (χ0n) is 13.0. The van der Waals surface area contributed by atoms with Gasteiger partial charge in [0.15, 0.2) is 23.3 Å². The first kappa shape index (κ1) is 15.1. The van der Waals surface area contributed by atoms with E-state index in [2.05, 4.69) is 4.99 Å². The van der Waals surface area contributed by atoms with Crippen LogP contribution < -0.4 is 9.47 Å². The topological polar surface area (TPSA) is 57.1 Å². The van der Waals surface area contributed by atoms with Gasteiger partial charge in [-0.05, 0) is 30.3 Å². The highest BCUT2D eigenvalue weighted by atomic mass is 16.5. The van der Waals surface area contributed by atoms with E-state index in [4.69, 9.17) is 14.2 Å². The Kier molecular flexibility index (Phi) is 4.28. The molecule has 0 bridgehead atoms. The number of ether oxygens (including phenoxy) is 3. The smallest absolute Gasteiger partial charge is 0.217 e. The van der Waals surface area contributed by atoms with E-state index in [0.717, 1.165) is 5.56 Å². The number of aliphatic imine (C=N–C) groups is 1. The van der Waals surface area contributed by atoms with Gasteiger partial charge in [0.25, 0.3) is 0 Å². The molecule has 1 heterocycles. The van der Waals surface area contributed by atoms with E-state index in [1.54, 1.807) is 25.3 Å². The number of ketones is 1. The Labute approximate surface area is 134 Å². The molecule has 0 N–H and O–H groups in total. The van der Waals surface area contributed by atoms with Crippen molar-refractivity contribution in [3.63, 3.8) is 0 Å². The number of nitrogens with zero attached hydrogens (tertiary/aromatic N) is 1. The van der Waals surface area contributed by atoms with Crippen LogP contribution in [-0.4, -0.2) is 38.5 Å². The second-order valence-electron chi connectivity index (χ2n) is 5.06. The number of benzene rings is 2. The molecule has 3 rings (SSSR count). The molecule has 0 fully saturated rings. The summed E-state index contributed by atoms with van der Waals surface area (Å²) < 4.78 is 16.0. The highest BCUT2D eigenvalue weighted by Gasteiger charge is 2.28. The van der Waals surface area contributed by atoms with Crippen LogP contribution in [0.5, 0.6) is 11.5 Å². The summed E-state index contributed by atoms with van der Waals surface area (Å²) in [6.45, 7) is 0.247. The predicted octanol–water partition coefficient (Wildman–Crippen LogP) is 2.73. The molecule has 1 aliphatic heterocycles. The molecule has 1 atom stereocenters. The molecule has 0 saturated carbocycles. The van der Waals surface area contributed by atoms with E-state index < -0.39 is 6.04 Å². The lowest BCUT2D eigenvalue weighted by Gasteiger charge is -2.10. The SMILES string of the molecule is COc1ccc(C(=O)C2COC(c3ccccc3)=N2)cc1OC. The minimum Gasteiger partial charge on any atom is -0.493 e. The molecule has 0 aliphatic carbocycles. The lowest BCUT2D eigenvalue weighted by Crippen LogP contribution is -2.20. The van der Waals surface area contributed by atoms with Gasteiger partial charge in [-0.2, -0.15) is 0 Å². The van der Waals surface area contributed by atoms with Crippen LogP contribution in [0, 0.1) is 0 Å². The largest absolute Gasteiger partial charge is 0.493 e. The Morgan fingerprint density at radius 2 is 1.83 bits per heavy atom. The average molecular weight is 311 g/mol. The second kappa shape index (κ2) is 6.52. The number of carbonyl (C=O) groups is 1. The minimum absolute atomic E-state index is 0.100. The van der Waals surface area contributed by atoms with Gasteiger partial charge in [-0.25, -0.2) is 4.99 Å². The summed E-state index contributed by atoms with van der Waals surface area (Å²) in [4.78, 5) is 17.0. The summed E-state index contributed by atoms with van der Waals surface area (Å²) in [7, 11) is 3.09. The van der Waals surface area contributed by atoms with E-state index in [0.29, 0.717) is 23.0 Å². The van der Waals surface area contributed by atoms with Crippen molar-refractivity contribution >= 4 is 11.7 Å². The zero-order chi connectivity index (χ0) is 16.2. The van der Waals surface area contributed by atoms with Crippen LogP contribution in [0.4, 0.5) is 0 Å². The maximum Gasteiger partial charge on any atom is 0.217 e. The standard InChI is InChI=1S/C18H17NO4/c1-21-15-9-8-13(10-16(15)22-2)17(20)14-11-23-18(19-14)12-6-4-3-5-7-12/h3-10,14H,11H2,1-2H3. The third kappa shape index (κ3) is 3.04. The highest BCUT2D eigenvalue weighted by molar-refractivity contribution is 6.05. The molecule has 1 aliphatic rings. The summed E-state index contributed by atoms with van der Waals surface area (Å²) >= 11 is 0. The van der Waals surface area contributed by atoms with Crippen LogP contribution >= 0.6 is 0 Å². The molecular weight excluding hydrogens is 294 g/mol. The van der Waals surface area contributed by atoms with Crippen LogP contribution in [0.25, 0.3) is 0 Å². The van der Waals surface area contributed by atoms with Crippen molar-refractivity contribution in [2.75, 3.05) is 20.8 Å². The summed E-state index contributed by atoms with van der Waals surface area (Å²) in [6, 6.07) is 14.1. The van der Waals surface area contributed by atoms with Crippen LogP contribution in [0.2, 0.25) is 0 Å². The van der Waals surface area contributed by atoms with Gasteiger partial charge in [0.1, 0.15) is 6.61 Å². The highest BCUT2D eigenvalue weighted by Crippen LogP contribution is 2.28. The molecule has 5 heteroatoms. The van der Waals surface area contributed by atoms with E-state index in [9.17, 15) is 4.79 Å². The second-order valence-corrected chi connectivity index (χ2v) is 5.06. The van der Waals surface area contributed by atoms with Crippen molar-refractivity contribution in [1.82, 2.24) is 0 Å². The molecule has 0 spiro atoms. The summed E-state index contributed by atoms with van der Waals surface area (Å²) in [5.41, 5.74) is 1.39. The van der Waals surface area contributed by atoms with Crippen molar-refractivity contribution in [3.05, 3.63) is 59.7 Å². The first-order valence-electron chi connectivity index (χ1n) is 7.25. The summed E-state index contributed by atoms with van der Waals surface area (Å²) in [5.74, 6) is 1.51. The maximum absolute atomic E-state index is 12.6. The van der Waals surface area contributed by atoms with Gasteiger partial charge >= 0.3 is 0 Å². The van der Waals surface area contributed by atoms with Gasteiger partial charge in [0, 0.05) is 11.1 Å². The van der Waals surface area contributed by atoms with Crippen molar-refractivity contribution in [2.45, 2.75) is 6.04 Å². The third-order valence-corrected chi connectivity index (χ3v) is 3.64. The fraction of sp³-hybridized carbons (Fsp3) is 0.222. The lowest BCUT2D eigenvalue weighted by molar-refractivity contribution is 0.0947. The molecule has 118 valence electrons. The Hall–Kier alpha value is -2.82. The minimum atomic E-state index is -0.539. The monoisotopic (exact) mass is 311 g/mol. The average Bonchev–Trinajstić information content (AvgIpc) is 3.11. The van der Waals surface area contributed by atoms with Crippen molar-refractivity contribution in [2.24, 2.45) is 4.99 Å². The lowest BCUT2D eigenvalue weighted by atomic mass is 10.0. The van der Waals surface area contributed by atoms with E-state index in [1.165, 1.54) is 7.11 Å². The van der Waals surface area contributed by atoms with Crippen molar-refractivity contribution in [3.8, 4) is 11.5 Å². The van der Waals surface area contributed by atoms with E-state index >= 15 is 0 Å². The third-order valence-electron chi connectivity index (χ3n) is 3.64. The van der Waals surface area contributed by atoms with Crippen molar-refractivity contribution in [1.29, 1.82) is 0 Å². The molecule has 5 nitrogen and oxygen atoms in total. The van der Waals surface area contributed by atoms with Crippen LogP contribution in [0.15, 0.2) is 53.5 Å². The Balaban J connectivity index is 1.83. The molecule has 0 aromatic heterocycles. The van der Waals surface area contributed by atoms with Gasteiger partial charge in [-0.3, -0.25) is 4.79 Å². The number of hydrogen-bond acceptors (Lipinski definition) is 5. The maximum atomic E-state index is 12.6. The molecule has 0 amide bonds. The molecule has 1 unspecified atom stereocenters. The number of hydrogen-bond donors (Lipinski definition) is 0. The first-order chi connectivity index (χ1) is 11.2. The Bertz CT molecular complexity index is 740. The zero-order valence-corrected chi connectivity index (χ0v) is 13.0. The molecule has 0 saturated heterocycles. The van der Waals surface area contributed by atoms with Crippen LogP contribution in [0.3, 0.4) is 0 Å². The fourth-order valence-electron chi connectivity index (χ4n) is 2.43. The molecule has 2 aromatic rings. The van der Waals surface area contributed by atoms with Gasteiger partial charge in [0.2, 0.25) is 5.90 Å². The van der Waals surface area contributed by atoms with Gasteiger partial charge < -0.3 is 14.2 Å². The molecule has 2 aromatic carbocycles. The number of carbonyl (C=O) groups excluding carboxylic acids is 1. The normalized spacial score (nSPS) is 16.4.